The lowest BCUT2D eigenvalue weighted by atomic mass is 10.0. The second-order valence-electron chi connectivity index (χ2n) is 7.90. The van der Waals surface area contributed by atoms with Crippen LogP contribution >= 0.6 is 0 Å². The van der Waals surface area contributed by atoms with Crippen molar-refractivity contribution in [3.05, 3.63) is 65.7 Å². The normalized spacial score (nSPS) is 16.7. The molecule has 0 radical (unpaired) electrons. The number of piperidine rings is 1. The number of rotatable bonds is 9. The van der Waals surface area contributed by atoms with Crippen LogP contribution in [0.3, 0.4) is 0 Å². The standard InChI is InChI=1S/C25H36N4O2/c1-20(21-9-5-4-6-10-21)29-16-13-23(14-17-29)28-25(26-2)27-15-18-31-19-22-11-7-8-12-24(22)30-3/h4-12,20,23H,13-19H2,1-3H3,(H2,26,27,28). The lowest BCUT2D eigenvalue weighted by Gasteiger charge is -2.37. The van der Waals surface area contributed by atoms with Crippen molar-refractivity contribution in [3.8, 4) is 5.75 Å². The number of hydrogen-bond donors (Lipinski definition) is 2. The predicted molar refractivity (Wildman–Crippen MR) is 127 cm³/mol. The first-order chi connectivity index (χ1) is 15.2. The van der Waals surface area contributed by atoms with Crippen molar-refractivity contribution in [2.24, 2.45) is 4.99 Å². The molecule has 0 saturated carbocycles. The second-order valence-corrected chi connectivity index (χ2v) is 7.90. The fourth-order valence-corrected chi connectivity index (χ4v) is 4.01. The molecule has 0 amide bonds. The molecule has 0 spiro atoms. The Labute approximate surface area is 186 Å². The third-order valence-electron chi connectivity index (χ3n) is 5.91. The van der Waals surface area contributed by atoms with E-state index in [9.17, 15) is 0 Å². The number of hydrogen-bond acceptors (Lipinski definition) is 4. The molecule has 1 saturated heterocycles. The SMILES string of the molecule is CN=C(NCCOCc1ccccc1OC)NC1CCN(C(C)c2ccccc2)CC1. The molecule has 6 heteroatoms. The van der Waals surface area contributed by atoms with E-state index in [1.54, 1.807) is 7.11 Å². The summed E-state index contributed by atoms with van der Waals surface area (Å²) in [6.45, 7) is 6.33. The van der Waals surface area contributed by atoms with E-state index in [-0.39, 0.29) is 0 Å². The molecule has 0 aliphatic carbocycles. The molecule has 1 aliphatic heterocycles. The maximum absolute atomic E-state index is 5.80. The van der Waals surface area contributed by atoms with Gasteiger partial charge >= 0.3 is 0 Å². The summed E-state index contributed by atoms with van der Waals surface area (Å²) in [6.07, 6.45) is 2.23. The van der Waals surface area contributed by atoms with Crippen LogP contribution in [0.15, 0.2) is 59.6 Å². The molecule has 1 unspecified atom stereocenters. The Balaban J connectivity index is 1.34. The predicted octanol–water partition coefficient (Wildman–Crippen LogP) is 3.60. The quantitative estimate of drug-likeness (QED) is 0.366. The highest BCUT2D eigenvalue weighted by Gasteiger charge is 2.23. The second kappa shape index (κ2) is 12.3. The Kier molecular flexibility index (Phi) is 9.18. The molecule has 3 rings (SSSR count). The van der Waals surface area contributed by atoms with Gasteiger partial charge in [-0.2, -0.15) is 0 Å². The summed E-state index contributed by atoms with van der Waals surface area (Å²) < 4.78 is 11.2. The number of ether oxygens (including phenoxy) is 2. The van der Waals surface area contributed by atoms with Crippen LogP contribution in [0.4, 0.5) is 0 Å². The van der Waals surface area contributed by atoms with Gasteiger partial charge in [0.1, 0.15) is 5.75 Å². The third kappa shape index (κ3) is 6.97. The Morgan fingerprint density at radius 1 is 1.10 bits per heavy atom. The number of guanidine groups is 1. The zero-order valence-corrected chi connectivity index (χ0v) is 19.0. The molecule has 31 heavy (non-hydrogen) atoms. The Morgan fingerprint density at radius 2 is 1.81 bits per heavy atom. The Bertz CT molecular complexity index is 804. The summed E-state index contributed by atoms with van der Waals surface area (Å²) in [7, 11) is 3.50. The number of nitrogens with one attached hydrogen (secondary N) is 2. The van der Waals surface area contributed by atoms with Gasteiger partial charge in [-0.25, -0.2) is 0 Å². The van der Waals surface area contributed by atoms with Gasteiger partial charge < -0.3 is 20.1 Å². The van der Waals surface area contributed by atoms with Crippen LogP contribution in [0, 0.1) is 0 Å². The van der Waals surface area contributed by atoms with Gasteiger partial charge in [0.05, 0.1) is 20.3 Å². The first-order valence-electron chi connectivity index (χ1n) is 11.2. The fraction of sp³-hybridized carbons (Fsp3) is 0.480. The van der Waals surface area contributed by atoms with Crippen molar-refractivity contribution in [1.82, 2.24) is 15.5 Å². The molecule has 2 N–H and O–H groups in total. The van der Waals surface area contributed by atoms with E-state index in [1.807, 2.05) is 31.3 Å². The summed E-state index contributed by atoms with van der Waals surface area (Å²) >= 11 is 0. The largest absolute Gasteiger partial charge is 0.496 e. The van der Waals surface area contributed by atoms with Crippen LogP contribution in [0.25, 0.3) is 0 Å². The van der Waals surface area contributed by atoms with Gasteiger partial charge in [0.25, 0.3) is 0 Å². The number of methoxy groups -OCH3 is 1. The maximum Gasteiger partial charge on any atom is 0.191 e. The highest BCUT2D eigenvalue weighted by atomic mass is 16.5. The molecule has 2 aromatic rings. The van der Waals surface area contributed by atoms with Crippen molar-refractivity contribution >= 4 is 5.96 Å². The minimum atomic E-state index is 0.444. The van der Waals surface area contributed by atoms with Gasteiger partial charge in [-0.05, 0) is 31.4 Å². The number of benzene rings is 2. The van der Waals surface area contributed by atoms with Crippen molar-refractivity contribution in [2.45, 2.75) is 38.5 Å². The molecule has 1 heterocycles. The molecule has 168 valence electrons. The maximum atomic E-state index is 5.80. The Hall–Kier alpha value is -2.57. The summed E-state index contributed by atoms with van der Waals surface area (Å²) in [6, 6.07) is 19.6. The monoisotopic (exact) mass is 424 g/mol. The number of nitrogens with zero attached hydrogens (tertiary/aromatic N) is 2. The highest BCUT2D eigenvalue weighted by Crippen LogP contribution is 2.24. The minimum absolute atomic E-state index is 0.444. The molecular weight excluding hydrogens is 388 g/mol. The van der Waals surface area contributed by atoms with Crippen molar-refractivity contribution < 1.29 is 9.47 Å². The van der Waals surface area contributed by atoms with Gasteiger partial charge in [0.15, 0.2) is 5.96 Å². The van der Waals surface area contributed by atoms with Crippen LogP contribution in [0.2, 0.25) is 0 Å². The topological polar surface area (TPSA) is 58.1 Å². The summed E-state index contributed by atoms with van der Waals surface area (Å²) in [5.74, 6) is 1.70. The molecule has 2 aromatic carbocycles. The van der Waals surface area contributed by atoms with E-state index in [1.165, 1.54) is 5.56 Å². The van der Waals surface area contributed by atoms with E-state index < -0.39 is 0 Å². The first kappa shape index (κ1) is 23.1. The zero-order valence-electron chi connectivity index (χ0n) is 19.0. The van der Waals surface area contributed by atoms with Gasteiger partial charge in [-0.1, -0.05) is 48.5 Å². The molecule has 6 nitrogen and oxygen atoms in total. The average molecular weight is 425 g/mol. The molecule has 1 fully saturated rings. The van der Waals surface area contributed by atoms with Crippen molar-refractivity contribution in [2.75, 3.05) is 40.4 Å². The number of para-hydroxylation sites is 1. The van der Waals surface area contributed by atoms with Crippen LogP contribution in [-0.4, -0.2) is 57.3 Å². The van der Waals surface area contributed by atoms with E-state index in [0.29, 0.717) is 31.8 Å². The average Bonchev–Trinajstić information content (AvgIpc) is 2.83. The van der Waals surface area contributed by atoms with Gasteiger partial charge in [-0.3, -0.25) is 9.89 Å². The van der Waals surface area contributed by atoms with Crippen LogP contribution in [0.5, 0.6) is 5.75 Å². The summed E-state index contributed by atoms with van der Waals surface area (Å²) in [5.41, 5.74) is 2.45. The fourth-order valence-electron chi connectivity index (χ4n) is 4.01. The lowest BCUT2D eigenvalue weighted by molar-refractivity contribution is 0.123. The number of likely N-dealkylation sites (tertiary alicyclic amines) is 1. The first-order valence-corrected chi connectivity index (χ1v) is 11.2. The summed E-state index contributed by atoms with van der Waals surface area (Å²) in [4.78, 5) is 6.94. The smallest absolute Gasteiger partial charge is 0.191 e. The molecule has 1 aliphatic rings. The van der Waals surface area contributed by atoms with Crippen LogP contribution in [0.1, 0.15) is 36.9 Å². The molecule has 0 bridgehead atoms. The van der Waals surface area contributed by atoms with Gasteiger partial charge in [-0.15, -0.1) is 0 Å². The van der Waals surface area contributed by atoms with E-state index in [0.717, 1.165) is 43.2 Å². The molecule has 0 aromatic heterocycles. The van der Waals surface area contributed by atoms with Crippen LogP contribution in [-0.2, 0) is 11.3 Å². The van der Waals surface area contributed by atoms with Crippen molar-refractivity contribution in [1.29, 1.82) is 0 Å². The van der Waals surface area contributed by atoms with Crippen LogP contribution < -0.4 is 15.4 Å². The third-order valence-corrected chi connectivity index (χ3v) is 5.91. The summed E-state index contributed by atoms with van der Waals surface area (Å²) in [5, 5.41) is 6.93. The van der Waals surface area contributed by atoms with Crippen molar-refractivity contribution in [3.63, 3.8) is 0 Å². The van der Waals surface area contributed by atoms with Gasteiger partial charge in [0.2, 0.25) is 0 Å². The lowest BCUT2D eigenvalue weighted by Crippen LogP contribution is -2.49. The zero-order chi connectivity index (χ0) is 21.9. The van der Waals surface area contributed by atoms with E-state index >= 15 is 0 Å². The number of aliphatic imine (C=N–C) groups is 1. The van der Waals surface area contributed by atoms with E-state index in [2.05, 4.69) is 57.8 Å². The van der Waals surface area contributed by atoms with E-state index in [4.69, 9.17) is 9.47 Å². The molecular formula is C25H36N4O2. The Morgan fingerprint density at radius 3 is 2.52 bits per heavy atom. The molecule has 1 atom stereocenters. The minimum Gasteiger partial charge on any atom is -0.496 e. The highest BCUT2D eigenvalue weighted by molar-refractivity contribution is 5.79. The van der Waals surface area contributed by atoms with Gasteiger partial charge in [0, 0.05) is 44.3 Å².